The topological polar surface area (TPSA) is 61.8 Å². The standard InChI is InChI=1S/C12H24N2O3/c1-9(2)17-8-12(16)7-14-5-4-11(6-14)13-10(3)15/h9,11-12,16H,4-8H2,1-3H3,(H,13,15). The Labute approximate surface area is 103 Å². The van der Waals surface area contributed by atoms with E-state index < -0.39 is 6.10 Å². The van der Waals surface area contributed by atoms with Crippen LogP contribution in [0.1, 0.15) is 27.2 Å². The van der Waals surface area contributed by atoms with Crippen molar-refractivity contribution in [2.75, 3.05) is 26.2 Å². The molecule has 5 heteroatoms. The van der Waals surface area contributed by atoms with E-state index in [1.165, 1.54) is 6.92 Å². The highest BCUT2D eigenvalue weighted by Crippen LogP contribution is 2.09. The Morgan fingerprint density at radius 1 is 1.59 bits per heavy atom. The van der Waals surface area contributed by atoms with Crippen molar-refractivity contribution in [3.63, 3.8) is 0 Å². The van der Waals surface area contributed by atoms with E-state index in [1.807, 2.05) is 13.8 Å². The summed E-state index contributed by atoms with van der Waals surface area (Å²) in [6.07, 6.45) is 0.654. The van der Waals surface area contributed by atoms with Crippen LogP contribution in [0.4, 0.5) is 0 Å². The molecule has 1 rings (SSSR count). The average Bonchev–Trinajstić information content (AvgIpc) is 2.61. The van der Waals surface area contributed by atoms with Crippen LogP contribution in [0.2, 0.25) is 0 Å². The Balaban J connectivity index is 2.18. The molecule has 1 fully saturated rings. The van der Waals surface area contributed by atoms with Crippen LogP contribution >= 0.6 is 0 Å². The highest BCUT2D eigenvalue weighted by Gasteiger charge is 2.24. The molecule has 0 aliphatic carbocycles. The fraction of sp³-hybridized carbons (Fsp3) is 0.917. The summed E-state index contributed by atoms with van der Waals surface area (Å²) in [6, 6.07) is 0.228. The molecule has 17 heavy (non-hydrogen) atoms. The maximum Gasteiger partial charge on any atom is 0.217 e. The lowest BCUT2D eigenvalue weighted by atomic mass is 10.2. The average molecular weight is 244 g/mol. The first kappa shape index (κ1) is 14.4. The predicted molar refractivity (Wildman–Crippen MR) is 65.8 cm³/mol. The quantitative estimate of drug-likeness (QED) is 0.689. The first-order chi connectivity index (χ1) is 7.97. The lowest BCUT2D eigenvalue weighted by molar-refractivity contribution is -0.119. The zero-order chi connectivity index (χ0) is 12.8. The number of ether oxygens (including phenoxy) is 1. The van der Waals surface area contributed by atoms with Crippen LogP contribution < -0.4 is 5.32 Å². The second-order valence-corrected chi connectivity index (χ2v) is 4.98. The molecule has 0 spiro atoms. The Morgan fingerprint density at radius 2 is 2.29 bits per heavy atom. The summed E-state index contributed by atoms with van der Waals surface area (Å²) in [5.74, 6) is 0.0144. The fourth-order valence-electron chi connectivity index (χ4n) is 2.06. The summed E-state index contributed by atoms with van der Waals surface area (Å²) in [5.41, 5.74) is 0. The first-order valence-corrected chi connectivity index (χ1v) is 6.26. The van der Waals surface area contributed by atoms with Crippen LogP contribution in [-0.2, 0) is 9.53 Å². The van der Waals surface area contributed by atoms with Crippen molar-refractivity contribution in [2.24, 2.45) is 0 Å². The number of nitrogens with one attached hydrogen (secondary N) is 1. The van der Waals surface area contributed by atoms with Gasteiger partial charge in [0.15, 0.2) is 0 Å². The van der Waals surface area contributed by atoms with Crippen molar-refractivity contribution in [3.8, 4) is 0 Å². The highest BCUT2D eigenvalue weighted by molar-refractivity contribution is 5.73. The van der Waals surface area contributed by atoms with Crippen LogP contribution in [-0.4, -0.2) is 60.4 Å². The minimum atomic E-state index is -0.450. The van der Waals surface area contributed by atoms with Crippen LogP contribution in [0.25, 0.3) is 0 Å². The number of nitrogens with zero attached hydrogens (tertiary/aromatic N) is 1. The number of aliphatic hydroxyl groups is 1. The van der Waals surface area contributed by atoms with Gasteiger partial charge in [0, 0.05) is 32.6 Å². The van der Waals surface area contributed by atoms with Gasteiger partial charge >= 0.3 is 0 Å². The number of carbonyl (C=O) groups is 1. The van der Waals surface area contributed by atoms with Gasteiger partial charge in [-0.3, -0.25) is 9.69 Å². The maximum atomic E-state index is 10.9. The van der Waals surface area contributed by atoms with Gasteiger partial charge in [0.1, 0.15) is 0 Å². The third-order valence-corrected chi connectivity index (χ3v) is 2.77. The summed E-state index contributed by atoms with van der Waals surface area (Å²) < 4.78 is 5.36. The van der Waals surface area contributed by atoms with Crippen LogP contribution in [0.3, 0.4) is 0 Å². The van der Waals surface area contributed by atoms with Crippen molar-refractivity contribution in [2.45, 2.75) is 45.4 Å². The molecule has 0 aromatic carbocycles. The molecule has 1 aliphatic heterocycles. The zero-order valence-electron chi connectivity index (χ0n) is 11.0. The molecule has 100 valence electrons. The normalized spacial score (nSPS) is 23.0. The second kappa shape index (κ2) is 6.93. The van der Waals surface area contributed by atoms with Crippen molar-refractivity contribution >= 4 is 5.91 Å². The number of hydrogen-bond acceptors (Lipinski definition) is 4. The molecule has 5 nitrogen and oxygen atoms in total. The van der Waals surface area contributed by atoms with E-state index in [0.717, 1.165) is 19.5 Å². The Hall–Kier alpha value is -0.650. The van der Waals surface area contributed by atoms with Gasteiger partial charge < -0.3 is 15.2 Å². The van der Waals surface area contributed by atoms with Gasteiger partial charge in [-0.05, 0) is 20.3 Å². The van der Waals surface area contributed by atoms with E-state index in [0.29, 0.717) is 13.2 Å². The van der Waals surface area contributed by atoms with Crippen molar-refractivity contribution in [3.05, 3.63) is 0 Å². The summed E-state index contributed by atoms with van der Waals surface area (Å²) in [7, 11) is 0. The zero-order valence-corrected chi connectivity index (χ0v) is 11.0. The van der Waals surface area contributed by atoms with Gasteiger partial charge in [-0.2, -0.15) is 0 Å². The summed E-state index contributed by atoms with van der Waals surface area (Å²) >= 11 is 0. The van der Waals surface area contributed by atoms with Gasteiger partial charge in [-0.1, -0.05) is 0 Å². The Kier molecular flexibility index (Phi) is 5.88. The minimum absolute atomic E-state index is 0.0144. The number of aliphatic hydroxyl groups excluding tert-OH is 1. The van der Waals surface area contributed by atoms with Gasteiger partial charge in [-0.15, -0.1) is 0 Å². The number of amides is 1. The number of rotatable bonds is 6. The van der Waals surface area contributed by atoms with E-state index in [-0.39, 0.29) is 18.1 Å². The molecular weight excluding hydrogens is 220 g/mol. The molecule has 0 bridgehead atoms. The van der Waals surface area contributed by atoms with Crippen LogP contribution in [0, 0.1) is 0 Å². The highest BCUT2D eigenvalue weighted by atomic mass is 16.5. The minimum Gasteiger partial charge on any atom is -0.389 e. The van der Waals surface area contributed by atoms with E-state index in [1.54, 1.807) is 0 Å². The smallest absolute Gasteiger partial charge is 0.217 e. The van der Waals surface area contributed by atoms with Gasteiger partial charge in [0.25, 0.3) is 0 Å². The second-order valence-electron chi connectivity index (χ2n) is 4.98. The largest absolute Gasteiger partial charge is 0.389 e. The summed E-state index contributed by atoms with van der Waals surface area (Å²) in [6.45, 7) is 8.17. The molecule has 2 atom stereocenters. The van der Waals surface area contributed by atoms with E-state index in [4.69, 9.17) is 4.74 Å². The van der Waals surface area contributed by atoms with Gasteiger partial charge in [0.05, 0.1) is 18.8 Å². The van der Waals surface area contributed by atoms with Crippen molar-refractivity contribution < 1.29 is 14.6 Å². The number of β-amino-alcohol motifs (C(OH)–C–C–N with tert-alkyl or cyclic N) is 1. The van der Waals surface area contributed by atoms with E-state index >= 15 is 0 Å². The molecule has 2 N–H and O–H groups in total. The number of carbonyl (C=O) groups excluding carboxylic acids is 1. The van der Waals surface area contributed by atoms with E-state index in [9.17, 15) is 9.90 Å². The number of likely N-dealkylation sites (tertiary alicyclic amines) is 1. The van der Waals surface area contributed by atoms with Crippen molar-refractivity contribution in [1.29, 1.82) is 0 Å². The lowest BCUT2D eigenvalue weighted by Crippen LogP contribution is -2.38. The molecule has 0 radical (unpaired) electrons. The molecule has 1 amide bonds. The van der Waals surface area contributed by atoms with Crippen LogP contribution in [0.5, 0.6) is 0 Å². The maximum absolute atomic E-state index is 10.9. The lowest BCUT2D eigenvalue weighted by Gasteiger charge is -2.21. The molecular formula is C12H24N2O3. The molecule has 1 aliphatic rings. The fourth-order valence-corrected chi connectivity index (χ4v) is 2.06. The molecule has 1 heterocycles. The van der Waals surface area contributed by atoms with Crippen molar-refractivity contribution in [1.82, 2.24) is 10.2 Å². The molecule has 0 aromatic rings. The first-order valence-electron chi connectivity index (χ1n) is 6.26. The molecule has 0 aromatic heterocycles. The third-order valence-electron chi connectivity index (χ3n) is 2.77. The SMILES string of the molecule is CC(=O)NC1CCN(CC(O)COC(C)C)C1. The Bertz CT molecular complexity index is 246. The van der Waals surface area contributed by atoms with Crippen LogP contribution in [0.15, 0.2) is 0 Å². The summed E-state index contributed by atoms with van der Waals surface area (Å²) in [4.78, 5) is 13.1. The third kappa shape index (κ3) is 6.00. The summed E-state index contributed by atoms with van der Waals surface area (Å²) in [5, 5.41) is 12.7. The van der Waals surface area contributed by atoms with Gasteiger partial charge in [0.2, 0.25) is 5.91 Å². The van der Waals surface area contributed by atoms with Gasteiger partial charge in [-0.25, -0.2) is 0 Å². The number of hydrogen-bond donors (Lipinski definition) is 2. The molecule has 2 unspecified atom stereocenters. The monoisotopic (exact) mass is 244 g/mol. The predicted octanol–water partition coefficient (Wildman–Crippen LogP) is -0.0173. The Morgan fingerprint density at radius 3 is 2.88 bits per heavy atom. The molecule has 0 saturated carbocycles. The molecule has 1 saturated heterocycles. The van der Waals surface area contributed by atoms with E-state index in [2.05, 4.69) is 10.2 Å².